The number of nitrogens with zero attached hydrogens (tertiary/aromatic N) is 3. The van der Waals surface area contributed by atoms with Crippen LogP contribution in [0.4, 0.5) is 19.0 Å². The number of aromatic nitrogens is 2. The predicted molar refractivity (Wildman–Crippen MR) is 130 cm³/mol. The number of rotatable bonds is 5. The Morgan fingerprint density at radius 1 is 1.00 bits per heavy atom. The summed E-state index contributed by atoms with van der Waals surface area (Å²) in [5, 5.41) is -0.108. The number of pyridine rings is 2. The highest BCUT2D eigenvalue weighted by Crippen LogP contribution is 2.38. The molecule has 1 atom stereocenters. The largest absolute Gasteiger partial charge is 0.418 e. The van der Waals surface area contributed by atoms with Gasteiger partial charge in [0.05, 0.1) is 22.7 Å². The maximum atomic E-state index is 13.8. The second kappa shape index (κ2) is 9.60. The predicted octanol–water partition coefficient (Wildman–Crippen LogP) is 5.99. The van der Waals surface area contributed by atoms with Crippen molar-refractivity contribution in [2.45, 2.75) is 50.6 Å². The molecule has 1 saturated heterocycles. The van der Waals surface area contributed by atoms with E-state index in [0.717, 1.165) is 38.1 Å². The quantitative estimate of drug-likeness (QED) is 0.428. The Morgan fingerprint density at radius 3 is 2.34 bits per heavy atom. The maximum Gasteiger partial charge on any atom is 0.418 e. The molecular weight excluding hydrogens is 475 g/mol. The number of aryl methyl sites for hydroxylation is 2. The van der Waals surface area contributed by atoms with Crippen LogP contribution in [0.1, 0.15) is 42.1 Å². The lowest BCUT2D eigenvalue weighted by atomic mass is 9.96. The zero-order valence-electron chi connectivity index (χ0n) is 19.9. The third kappa shape index (κ3) is 5.50. The van der Waals surface area contributed by atoms with E-state index in [0.29, 0.717) is 28.4 Å². The number of alkyl halides is 3. The molecule has 0 aliphatic carbocycles. The second-order valence-corrected chi connectivity index (χ2v) is 11.2. The third-order valence-electron chi connectivity index (χ3n) is 6.32. The van der Waals surface area contributed by atoms with Crippen LogP contribution in [0, 0.1) is 19.8 Å². The van der Waals surface area contributed by atoms with Crippen molar-refractivity contribution >= 4 is 15.7 Å². The van der Waals surface area contributed by atoms with Crippen LogP contribution in [0.5, 0.6) is 0 Å². The molecular formula is C26H28F3N3O2S. The van der Waals surface area contributed by atoms with Gasteiger partial charge in [0.15, 0.2) is 5.03 Å². The standard InChI is InChI=1S/C26H28F3N3O2S/c1-17-7-6-14-32(15-17)22-10-5-11-23(31-22)35(33,34)16-20-12-13-21(26(27,28)29)25(30-20)24-18(2)8-4-9-19(24)3/h4-5,8-13,17H,6-7,14-16H2,1-3H3/t17-/m0/s1. The molecule has 4 rings (SSSR count). The van der Waals surface area contributed by atoms with Crippen LogP contribution in [0.2, 0.25) is 0 Å². The van der Waals surface area contributed by atoms with Crippen LogP contribution in [0.3, 0.4) is 0 Å². The van der Waals surface area contributed by atoms with Gasteiger partial charge in [0.1, 0.15) is 5.82 Å². The minimum atomic E-state index is -4.63. The summed E-state index contributed by atoms with van der Waals surface area (Å²) in [6.45, 7) is 7.18. The summed E-state index contributed by atoms with van der Waals surface area (Å²) in [5.74, 6) is 0.537. The van der Waals surface area contributed by atoms with E-state index in [-0.39, 0.29) is 16.4 Å². The molecule has 1 aromatic carbocycles. The normalized spacial score (nSPS) is 17.0. The first kappa shape index (κ1) is 25.2. The molecule has 3 aromatic rings. The van der Waals surface area contributed by atoms with Gasteiger partial charge in [0.25, 0.3) is 0 Å². The van der Waals surface area contributed by atoms with Gasteiger partial charge < -0.3 is 4.90 Å². The van der Waals surface area contributed by atoms with E-state index >= 15 is 0 Å². The molecule has 9 heteroatoms. The molecule has 3 heterocycles. The molecule has 35 heavy (non-hydrogen) atoms. The Labute approximate surface area is 204 Å². The molecule has 0 amide bonds. The SMILES string of the molecule is Cc1cccc(C)c1-c1nc(CS(=O)(=O)c2cccc(N3CCC[C@H](C)C3)n2)ccc1C(F)(F)F. The summed E-state index contributed by atoms with van der Waals surface area (Å²) in [4.78, 5) is 10.7. The van der Waals surface area contributed by atoms with E-state index in [9.17, 15) is 21.6 Å². The zero-order chi connectivity index (χ0) is 25.4. The highest BCUT2D eigenvalue weighted by Gasteiger charge is 2.35. The van der Waals surface area contributed by atoms with Crippen molar-refractivity contribution in [3.63, 3.8) is 0 Å². The number of hydrogen-bond acceptors (Lipinski definition) is 5. The first-order valence-electron chi connectivity index (χ1n) is 11.5. The Kier molecular flexibility index (Phi) is 6.90. The fraction of sp³-hybridized carbons (Fsp3) is 0.385. The molecule has 0 bridgehead atoms. The van der Waals surface area contributed by atoms with Crippen molar-refractivity contribution in [1.82, 2.24) is 9.97 Å². The van der Waals surface area contributed by atoms with Gasteiger partial charge in [-0.25, -0.2) is 13.4 Å². The first-order chi connectivity index (χ1) is 16.5. The zero-order valence-corrected chi connectivity index (χ0v) is 20.7. The summed E-state index contributed by atoms with van der Waals surface area (Å²) in [5.41, 5.74) is 0.509. The van der Waals surface area contributed by atoms with Crippen molar-refractivity contribution in [2.75, 3.05) is 18.0 Å². The molecule has 0 unspecified atom stereocenters. The number of anilines is 1. The molecule has 0 N–H and O–H groups in total. The summed E-state index contributed by atoms with van der Waals surface area (Å²) in [7, 11) is -3.94. The summed E-state index contributed by atoms with van der Waals surface area (Å²) in [6, 6.07) is 12.1. The van der Waals surface area contributed by atoms with E-state index < -0.39 is 27.3 Å². The second-order valence-electron chi connectivity index (χ2n) is 9.25. The Morgan fingerprint density at radius 2 is 1.69 bits per heavy atom. The van der Waals surface area contributed by atoms with Crippen LogP contribution < -0.4 is 4.90 Å². The number of halogens is 3. The lowest BCUT2D eigenvalue weighted by Gasteiger charge is -2.32. The van der Waals surface area contributed by atoms with Crippen molar-refractivity contribution in [3.8, 4) is 11.3 Å². The molecule has 1 aliphatic rings. The van der Waals surface area contributed by atoms with Gasteiger partial charge >= 0.3 is 6.18 Å². The summed E-state index contributed by atoms with van der Waals surface area (Å²) in [6.07, 6.45) is -2.50. The topological polar surface area (TPSA) is 63.2 Å². The Balaban J connectivity index is 1.71. The number of hydrogen-bond donors (Lipinski definition) is 0. The summed E-state index contributed by atoms with van der Waals surface area (Å²) < 4.78 is 67.9. The van der Waals surface area contributed by atoms with Crippen LogP contribution in [-0.2, 0) is 21.8 Å². The average molecular weight is 504 g/mol. The van der Waals surface area contributed by atoms with Crippen molar-refractivity contribution in [1.29, 1.82) is 0 Å². The van der Waals surface area contributed by atoms with E-state index in [1.807, 2.05) is 0 Å². The fourth-order valence-corrected chi connectivity index (χ4v) is 5.82. The third-order valence-corrected chi connectivity index (χ3v) is 7.86. The highest BCUT2D eigenvalue weighted by atomic mass is 32.2. The average Bonchev–Trinajstić information content (AvgIpc) is 2.78. The fourth-order valence-electron chi connectivity index (χ4n) is 4.61. The van der Waals surface area contributed by atoms with Crippen LogP contribution in [0.25, 0.3) is 11.3 Å². The van der Waals surface area contributed by atoms with E-state index in [4.69, 9.17) is 0 Å². The minimum Gasteiger partial charge on any atom is -0.356 e. The van der Waals surface area contributed by atoms with Gasteiger partial charge in [-0.2, -0.15) is 13.2 Å². The molecule has 0 saturated carbocycles. The molecule has 2 aromatic heterocycles. The molecule has 1 fully saturated rings. The summed E-state index contributed by atoms with van der Waals surface area (Å²) >= 11 is 0. The van der Waals surface area contributed by atoms with Crippen molar-refractivity contribution in [2.24, 2.45) is 5.92 Å². The number of benzene rings is 1. The number of sulfone groups is 1. The molecule has 0 radical (unpaired) electrons. The molecule has 186 valence electrons. The highest BCUT2D eigenvalue weighted by molar-refractivity contribution is 7.90. The van der Waals surface area contributed by atoms with Crippen LogP contribution in [0.15, 0.2) is 53.6 Å². The van der Waals surface area contributed by atoms with Gasteiger partial charge in [0, 0.05) is 18.7 Å². The van der Waals surface area contributed by atoms with Crippen LogP contribution >= 0.6 is 0 Å². The van der Waals surface area contributed by atoms with Crippen LogP contribution in [-0.4, -0.2) is 31.5 Å². The lowest BCUT2D eigenvalue weighted by molar-refractivity contribution is -0.137. The molecule has 0 spiro atoms. The van der Waals surface area contributed by atoms with E-state index in [1.54, 1.807) is 44.2 Å². The molecule has 5 nitrogen and oxygen atoms in total. The first-order valence-corrected chi connectivity index (χ1v) is 13.2. The van der Waals surface area contributed by atoms with Crippen molar-refractivity contribution in [3.05, 3.63) is 70.9 Å². The Hall–Kier alpha value is -2.94. The van der Waals surface area contributed by atoms with E-state index in [1.165, 1.54) is 6.07 Å². The lowest BCUT2D eigenvalue weighted by Crippen LogP contribution is -2.35. The Bertz CT molecular complexity index is 1320. The van der Waals surface area contributed by atoms with Gasteiger partial charge in [-0.3, -0.25) is 4.98 Å². The monoisotopic (exact) mass is 503 g/mol. The van der Waals surface area contributed by atoms with Crippen molar-refractivity contribution < 1.29 is 21.6 Å². The smallest absolute Gasteiger partial charge is 0.356 e. The van der Waals surface area contributed by atoms with Gasteiger partial charge in [0.2, 0.25) is 9.84 Å². The maximum absolute atomic E-state index is 13.8. The molecule has 1 aliphatic heterocycles. The van der Waals surface area contributed by atoms with Gasteiger partial charge in [-0.1, -0.05) is 31.2 Å². The van der Waals surface area contributed by atoms with Gasteiger partial charge in [-0.15, -0.1) is 0 Å². The van der Waals surface area contributed by atoms with Gasteiger partial charge in [-0.05, 0) is 68.0 Å². The van der Waals surface area contributed by atoms with E-state index in [2.05, 4.69) is 21.8 Å². The minimum absolute atomic E-state index is 0.0365. The number of piperidine rings is 1.